The number of carbonyl (C=O) groups excluding carboxylic acids is 1. The molecule has 0 bridgehead atoms. The molecule has 1 amide bonds. The molecule has 0 heterocycles. The molecule has 0 aliphatic heterocycles. The van der Waals surface area contributed by atoms with Crippen molar-refractivity contribution in [1.82, 2.24) is 0 Å². The maximum atomic E-state index is 12.4. The maximum absolute atomic E-state index is 12.4. The molecule has 0 radical (unpaired) electrons. The van der Waals surface area contributed by atoms with Gasteiger partial charge in [-0.1, -0.05) is 29.8 Å². The van der Waals surface area contributed by atoms with E-state index in [1.165, 1.54) is 41.6 Å². The number of halogens is 2. The fraction of sp³-hybridized carbons (Fsp3) is 0.188. The molecule has 0 saturated heterocycles. The summed E-state index contributed by atoms with van der Waals surface area (Å²) in [4.78, 5) is 12.8. The third kappa shape index (κ3) is 4.86. The molecule has 2 aromatic rings. The van der Waals surface area contributed by atoms with Gasteiger partial charge in [-0.3, -0.25) is 4.79 Å². The number of rotatable bonds is 5. The van der Waals surface area contributed by atoms with Gasteiger partial charge in [0.25, 0.3) is 6.43 Å². The van der Waals surface area contributed by atoms with Crippen LogP contribution in [0.2, 0.25) is 0 Å². The monoisotopic (exact) mass is 307 g/mol. The Morgan fingerprint density at radius 1 is 1.10 bits per heavy atom. The van der Waals surface area contributed by atoms with Gasteiger partial charge in [-0.2, -0.15) is 0 Å². The van der Waals surface area contributed by atoms with Gasteiger partial charge in [0, 0.05) is 16.1 Å². The highest BCUT2D eigenvalue weighted by atomic mass is 32.2. The van der Waals surface area contributed by atoms with E-state index in [2.05, 4.69) is 5.32 Å². The molecule has 0 aliphatic carbocycles. The Labute approximate surface area is 126 Å². The normalized spacial score (nSPS) is 10.7. The SMILES string of the molecule is Cc1ccc(SCC(=O)Nc2ccc(C(F)F)cc2)cc1. The Hall–Kier alpha value is -1.88. The first-order valence-electron chi connectivity index (χ1n) is 6.42. The van der Waals surface area contributed by atoms with E-state index in [0.717, 1.165) is 4.90 Å². The van der Waals surface area contributed by atoms with Crippen molar-refractivity contribution in [3.05, 3.63) is 59.7 Å². The van der Waals surface area contributed by atoms with Crippen molar-refractivity contribution < 1.29 is 13.6 Å². The molecular formula is C16H15F2NOS. The van der Waals surface area contributed by atoms with Crippen molar-refractivity contribution >= 4 is 23.4 Å². The molecule has 0 aromatic heterocycles. The summed E-state index contributed by atoms with van der Waals surface area (Å²) in [5.41, 5.74) is 1.64. The zero-order valence-corrected chi connectivity index (χ0v) is 12.3. The second-order valence-electron chi connectivity index (χ2n) is 4.57. The van der Waals surface area contributed by atoms with Crippen molar-refractivity contribution in [1.29, 1.82) is 0 Å². The van der Waals surface area contributed by atoms with Crippen molar-refractivity contribution in [2.45, 2.75) is 18.2 Å². The summed E-state index contributed by atoms with van der Waals surface area (Å²) in [7, 11) is 0. The molecule has 5 heteroatoms. The van der Waals surface area contributed by atoms with Crippen LogP contribution in [0.4, 0.5) is 14.5 Å². The first-order valence-corrected chi connectivity index (χ1v) is 7.40. The number of thioether (sulfide) groups is 1. The highest BCUT2D eigenvalue weighted by Crippen LogP contribution is 2.21. The van der Waals surface area contributed by atoms with Crippen molar-refractivity contribution in [3.63, 3.8) is 0 Å². The van der Waals surface area contributed by atoms with Crippen LogP contribution in [0.25, 0.3) is 0 Å². The molecule has 0 unspecified atom stereocenters. The first-order chi connectivity index (χ1) is 10.0. The lowest BCUT2D eigenvalue weighted by Gasteiger charge is -2.06. The maximum Gasteiger partial charge on any atom is 0.263 e. The summed E-state index contributed by atoms with van der Waals surface area (Å²) in [6, 6.07) is 13.5. The van der Waals surface area contributed by atoms with Crippen LogP contribution in [0, 0.1) is 6.92 Å². The second-order valence-corrected chi connectivity index (χ2v) is 5.62. The van der Waals surface area contributed by atoms with E-state index in [9.17, 15) is 13.6 Å². The van der Waals surface area contributed by atoms with E-state index in [1.54, 1.807) is 0 Å². The number of benzene rings is 2. The lowest BCUT2D eigenvalue weighted by atomic mass is 10.2. The minimum absolute atomic E-state index is 0.0537. The smallest absolute Gasteiger partial charge is 0.263 e. The largest absolute Gasteiger partial charge is 0.325 e. The topological polar surface area (TPSA) is 29.1 Å². The molecule has 1 N–H and O–H groups in total. The number of carbonyl (C=O) groups is 1. The van der Waals surface area contributed by atoms with Gasteiger partial charge in [0.1, 0.15) is 0 Å². The third-order valence-corrected chi connectivity index (χ3v) is 3.85. The molecule has 2 rings (SSSR count). The van der Waals surface area contributed by atoms with Crippen LogP contribution in [-0.4, -0.2) is 11.7 Å². The van der Waals surface area contributed by atoms with Crippen LogP contribution >= 0.6 is 11.8 Å². The predicted octanol–water partition coefficient (Wildman–Crippen LogP) is 4.66. The zero-order chi connectivity index (χ0) is 15.2. The molecule has 0 aliphatic rings. The summed E-state index contributed by atoms with van der Waals surface area (Å²) < 4.78 is 24.8. The van der Waals surface area contributed by atoms with Crippen LogP contribution < -0.4 is 5.32 Å². The fourth-order valence-electron chi connectivity index (χ4n) is 1.69. The van der Waals surface area contributed by atoms with Crippen LogP contribution in [0.15, 0.2) is 53.4 Å². The number of hydrogen-bond acceptors (Lipinski definition) is 2. The van der Waals surface area contributed by atoms with Crippen molar-refractivity contribution in [2.75, 3.05) is 11.1 Å². The predicted molar refractivity (Wildman–Crippen MR) is 81.9 cm³/mol. The highest BCUT2D eigenvalue weighted by molar-refractivity contribution is 8.00. The second kappa shape index (κ2) is 7.22. The number of nitrogens with one attached hydrogen (secondary N) is 1. The Bertz CT molecular complexity index is 597. The van der Waals surface area contributed by atoms with Gasteiger partial charge in [-0.25, -0.2) is 8.78 Å². The molecule has 2 aromatic carbocycles. The van der Waals surface area contributed by atoms with Gasteiger partial charge in [-0.05, 0) is 31.2 Å². The Morgan fingerprint density at radius 3 is 2.29 bits per heavy atom. The van der Waals surface area contributed by atoms with Gasteiger partial charge in [0.15, 0.2) is 0 Å². The van der Waals surface area contributed by atoms with Crippen molar-refractivity contribution in [2.24, 2.45) is 0 Å². The summed E-state index contributed by atoms with van der Waals surface area (Å²) in [5, 5.41) is 2.69. The number of amides is 1. The van der Waals surface area contributed by atoms with Gasteiger partial charge >= 0.3 is 0 Å². The molecule has 0 fully saturated rings. The zero-order valence-electron chi connectivity index (χ0n) is 11.5. The van der Waals surface area contributed by atoms with E-state index < -0.39 is 6.43 Å². The highest BCUT2D eigenvalue weighted by Gasteiger charge is 2.07. The summed E-state index contributed by atoms with van der Waals surface area (Å²) in [5.74, 6) is 0.116. The average Bonchev–Trinajstić information content (AvgIpc) is 2.47. The summed E-state index contributed by atoms with van der Waals surface area (Å²) in [6.45, 7) is 2.00. The minimum Gasteiger partial charge on any atom is -0.325 e. The van der Waals surface area contributed by atoms with Crippen LogP contribution in [-0.2, 0) is 4.79 Å². The molecule has 0 saturated carbocycles. The van der Waals surface area contributed by atoms with E-state index in [1.807, 2.05) is 31.2 Å². The summed E-state index contributed by atoms with van der Waals surface area (Å²) in [6.07, 6.45) is -2.49. The fourth-order valence-corrected chi connectivity index (χ4v) is 2.39. The first kappa shape index (κ1) is 15.5. The molecule has 110 valence electrons. The van der Waals surface area contributed by atoms with E-state index in [0.29, 0.717) is 5.69 Å². The summed E-state index contributed by atoms with van der Waals surface area (Å²) >= 11 is 1.43. The Kier molecular flexibility index (Phi) is 5.33. The quantitative estimate of drug-likeness (QED) is 0.814. The van der Waals surface area contributed by atoms with Gasteiger partial charge in [0.05, 0.1) is 5.75 Å². The van der Waals surface area contributed by atoms with Gasteiger partial charge in [-0.15, -0.1) is 11.8 Å². The molecule has 21 heavy (non-hydrogen) atoms. The van der Waals surface area contributed by atoms with Gasteiger partial charge < -0.3 is 5.32 Å². The van der Waals surface area contributed by atoms with Crippen LogP contribution in [0.5, 0.6) is 0 Å². The number of hydrogen-bond donors (Lipinski definition) is 1. The van der Waals surface area contributed by atoms with E-state index in [4.69, 9.17) is 0 Å². The molecule has 2 nitrogen and oxygen atoms in total. The van der Waals surface area contributed by atoms with E-state index >= 15 is 0 Å². The van der Waals surface area contributed by atoms with Gasteiger partial charge in [0.2, 0.25) is 5.91 Å². The minimum atomic E-state index is -2.49. The molecule has 0 atom stereocenters. The molecule has 0 spiro atoms. The van der Waals surface area contributed by atoms with Crippen molar-refractivity contribution in [3.8, 4) is 0 Å². The van der Waals surface area contributed by atoms with E-state index in [-0.39, 0.29) is 17.2 Å². The van der Waals surface area contributed by atoms with Crippen LogP contribution in [0.3, 0.4) is 0 Å². The average molecular weight is 307 g/mol. The number of alkyl halides is 2. The number of aryl methyl sites for hydroxylation is 1. The standard InChI is InChI=1S/C16H15F2NOS/c1-11-2-8-14(9-3-11)21-10-15(20)19-13-6-4-12(5-7-13)16(17)18/h2-9,16H,10H2,1H3,(H,19,20). The Balaban J connectivity index is 1.85. The third-order valence-electron chi connectivity index (χ3n) is 2.84. The lowest BCUT2D eigenvalue weighted by molar-refractivity contribution is -0.113. The molecular weight excluding hydrogens is 292 g/mol. The lowest BCUT2D eigenvalue weighted by Crippen LogP contribution is -2.13. The Morgan fingerprint density at radius 2 is 1.71 bits per heavy atom. The van der Waals surface area contributed by atoms with Crippen LogP contribution in [0.1, 0.15) is 17.6 Å². The number of anilines is 1.